The van der Waals surface area contributed by atoms with Crippen LogP contribution in [0.3, 0.4) is 0 Å². The van der Waals surface area contributed by atoms with Crippen LogP contribution in [0.5, 0.6) is 0 Å². The number of nitrogens with zero attached hydrogens (tertiary/aromatic N) is 3. The van der Waals surface area contributed by atoms with Gasteiger partial charge < -0.3 is 0 Å². The Bertz CT molecular complexity index is 813. The summed E-state index contributed by atoms with van der Waals surface area (Å²) in [7, 11) is 0. The van der Waals surface area contributed by atoms with E-state index >= 15 is 0 Å². The molecule has 0 saturated carbocycles. The summed E-state index contributed by atoms with van der Waals surface area (Å²) in [5.41, 5.74) is 4.84. The van der Waals surface area contributed by atoms with E-state index in [0.29, 0.717) is 5.01 Å². The second-order valence-electron chi connectivity index (χ2n) is 4.18. The first-order chi connectivity index (χ1) is 10.3. The van der Waals surface area contributed by atoms with Crippen LogP contribution in [0.4, 0.5) is 5.69 Å². The van der Waals surface area contributed by atoms with Gasteiger partial charge in [-0.05, 0) is 36.4 Å². The zero-order valence-corrected chi connectivity index (χ0v) is 13.1. The number of benzene rings is 2. The Labute approximate surface area is 133 Å². The van der Waals surface area contributed by atoms with Crippen molar-refractivity contribution >= 4 is 48.9 Å². The minimum atomic E-state index is 0.277. The average molecular weight is 357 g/mol. The van der Waals surface area contributed by atoms with E-state index in [-0.39, 0.29) is 5.71 Å². The van der Waals surface area contributed by atoms with Gasteiger partial charge in [-0.3, -0.25) is 5.43 Å². The molecule has 0 aliphatic carbocycles. The van der Waals surface area contributed by atoms with Gasteiger partial charge in [0.15, 0.2) is 10.7 Å². The normalized spacial score (nSPS) is 11.3. The van der Waals surface area contributed by atoms with Crippen LogP contribution < -0.4 is 5.43 Å². The third-order valence-electron chi connectivity index (χ3n) is 2.74. The highest BCUT2D eigenvalue weighted by atomic mass is 79.9. The lowest BCUT2D eigenvalue weighted by Crippen LogP contribution is -2.01. The third kappa shape index (κ3) is 3.10. The minimum absolute atomic E-state index is 0.277. The van der Waals surface area contributed by atoms with Crippen molar-refractivity contribution in [3.05, 3.63) is 58.0 Å². The van der Waals surface area contributed by atoms with E-state index in [2.05, 4.69) is 37.5 Å². The topological polar surface area (TPSA) is 61.1 Å². The van der Waals surface area contributed by atoms with E-state index in [1.807, 2.05) is 48.5 Å². The predicted octanol–water partition coefficient (Wildman–Crippen LogP) is 4.40. The van der Waals surface area contributed by atoms with Gasteiger partial charge in [0.1, 0.15) is 6.07 Å². The molecular weight excluding hydrogens is 348 g/mol. The number of nitrogens with one attached hydrogen (secondary N) is 1. The molecule has 0 radical (unpaired) electrons. The Morgan fingerprint density at radius 3 is 2.67 bits per heavy atom. The maximum atomic E-state index is 9.27. The molecule has 0 aliphatic heterocycles. The van der Waals surface area contributed by atoms with Crippen LogP contribution in [-0.2, 0) is 0 Å². The van der Waals surface area contributed by atoms with Crippen LogP contribution in [0, 0.1) is 11.3 Å². The molecule has 0 unspecified atom stereocenters. The van der Waals surface area contributed by atoms with Gasteiger partial charge in [0.25, 0.3) is 0 Å². The highest BCUT2D eigenvalue weighted by molar-refractivity contribution is 9.10. The molecule has 21 heavy (non-hydrogen) atoms. The molecule has 1 heterocycles. The van der Waals surface area contributed by atoms with Crippen molar-refractivity contribution in [3.63, 3.8) is 0 Å². The second-order valence-corrected chi connectivity index (χ2v) is 6.12. The number of rotatable bonds is 3. The van der Waals surface area contributed by atoms with E-state index < -0.39 is 0 Å². The average Bonchev–Trinajstić information content (AvgIpc) is 2.93. The highest BCUT2D eigenvalue weighted by Crippen LogP contribution is 2.22. The molecule has 0 atom stereocenters. The number of aromatic nitrogens is 1. The molecule has 3 aromatic rings. The standard InChI is InChI=1S/C15H9BrN4S/c16-10-5-7-11(8-6-10)19-20-13(9-17)15-18-12-3-1-2-4-14(12)21-15/h1-8,19H/b20-13-. The fourth-order valence-corrected chi connectivity index (χ4v) is 2.91. The van der Waals surface area contributed by atoms with Gasteiger partial charge in [-0.2, -0.15) is 10.4 Å². The van der Waals surface area contributed by atoms with E-state index in [1.165, 1.54) is 11.3 Å². The van der Waals surface area contributed by atoms with Crippen molar-refractivity contribution in [2.45, 2.75) is 0 Å². The summed E-state index contributed by atoms with van der Waals surface area (Å²) >= 11 is 4.83. The summed E-state index contributed by atoms with van der Waals surface area (Å²) in [5.74, 6) is 0. The number of fused-ring (bicyclic) bond motifs is 1. The smallest absolute Gasteiger partial charge is 0.196 e. The summed E-state index contributed by atoms with van der Waals surface area (Å²) < 4.78 is 2.03. The van der Waals surface area contributed by atoms with Crippen molar-refractivity contribution in [1.29, 1.82) is 5.26 Å². The van der Waals surface area contributed by atoms with Crippen molar-refractivity contribution < 1.29 is 0 Å². The number of hydrogen-bond donors (Lipinski definition) is 1. The van der Waals surface area contributed by atoms with Gasteiger partial charge in [-0.15, -0.1) is 11.3 Å². The van der Waals surface area contributed by atoms with Crippen LogP contribution in [0.25, 0.3) is 10.2 Å². The van der Waals surface area contributed by atoms with Crippen molar-refractivity contribution in [1.82, 2.24) is 4.98 Å². The summed E-state index contributed by atoms with van der Waals surface area (Å²) in [5, 5.41) is 14.0. The van der Waals surface area contributed by atoms with Crippen LogP contribution in [0.1, 0.15) is 5.01 Å². The van der Waals surface area contributed by atoms with Gasteiger partial charge in [0.2, 0.25) is 0 Å². The monoisotopic (exact) mass is 356 g/mol. The molecule has 2 aromatic carbocycles. The third-order valence-corrected chi connectivity index (χ3v) is 4.32. The molecule has 0 saturated heterocycles. The Balaban J connectivity index is 1.89. The quantitative estimate of drug-likeness (QED) is 0.558. The van der Waals surface area contributed by atoms with Crippen LogP contribution in [0.15, 0.2) is 58.1 Å². The molecule has 0 aliphatic rings. The first-order valence-electron chi connectivity index (χ1n) is 6.11. The molecule has 4 nitrogen and oxygen atoms in total. The molecular formula is C15H9BrN4S. The predicted molar refractivity (Wildman–Crippen MR) is 89.5 cm³/mol. The zero-order chi connectivity index (χ0) is 14.7. The first kappa shape index (κ1) is 13.7. The van der Waals surface area contributed by atoms with Crippen molar-refractivity contribution in [2.24, 2.45) is 5.10 Å². The van der Waals surface area contributed by atoms with E-state index in [9.17, 15) is 5.26 Å². The number of hydrogen-bond acceptors (Lipinski definition) is 5. The van der Waals surface area contributed by atoms with Crippen LogP contribution in [0.2, 0.25) is 0 Å². The molecule has 3 rings (SSSR count). The molecule has 102 valence electrons. The SMILES string of the molecule is N#C/C(=N/Nc1ccc(Br)cc1)c1nc2ccccc2s1. The summed E-state index contributed by atoms with van der Waals surface area (Å²) in [6, 6.07) is 17.4. The van der Waals surface area contributed by atoms with Gasteiger partial charge >= 0.3 is 0 Å². The first-order valence-corrected chi connectivity index (χ1v) is 7.72. The largest absolute Gasteiger partial charge is 0.277 e. The van der Waals surface area contributed by atoms with Crippen LogP contribution >= 0.6 is 27.3 Å². The van der Waals surface area contributed by atoms with E-state index in [4.69, 9.17) is 0 Å². The number of anilines is 1. The lowest BCUT2D eigenvalue weighted by Gasteiger charge is -2.00. The molecule has 1 aromatic heterocycles. The number of thiazole rings is 1. The fraction of sp³-hybridized carbons (Fsp3) is 0. The van der Waals surface area contributed by atoms with Gasteiger partial charge in [-0.1, -0.05) is 28.1 Å². The number of halogens is 1. The zero-order valence-electron chi connectivity index (χ0n) is 10.7. The van der Waals surface area contributed by atoms with E-state index in [1.54, 1.807) is 0 Å². The summed E-state index contributed by atoms with van der Waals surface area (Å²) in [6.07, 6.45) is 0. The van der Waals surface area contributed by atoms with Gasteiger partial charge in [0, 0.05) is 4.47 Å². The molecule has 6 heteroatoms. The number of para-hydroxylation sites is 1. The number of hydrazone groups is 1. The Morgan fingerprint density at radius 1 is 1.19 bits per heavy atom. The van der Waals surface area contributed by atoms with Crippen LogP contribution in [-0.4, -0.2) is 10.7 Å². The Hall–Kier alpha value is -2.23. The Kier molecular flexibility index (Phi) is 3.95. The molecule has 0 amide bonds. The molecule has 0 bridgehead atoms. The lowest BCUT2D eigenvalue weighted by molar-refractivity contribution is 1.32. The molecule has 0 spiro atoms. The maximum absolute atomic E-state index is 9.27. The van der Waals surface area contributed by atoms with E-state index in [0.717, 1.165) is 20.4 Å². The summed E-state index contributed by atoms with van der Waals surface area (Å²) in [6.45, 7) is 0. The maximum Gasteiger partial charge on any atom is 0.196 e. The Morgan fingerprint density at radius 2 is 1.95 bits per heavy atom. The lowest BCUT2D eigenvalue weighted by atomic mass is 10.3. The van der Waals surface area contributed by atoms with Crippen molar-refractivity contribution in [2.75, 3.05) is 5.43 Å². The highest BCUT2D eigenvalue weighted by Gasteiger charge is 2.09. The molecule has 0 fully saturated rings. The minimum Gasteiger partial charge on any atom is -0.277 e. The van der Waals surface area contributed by atoms with Crippen molar-refractivity contribution in [3.8, 4) is 6.07 Å². The fourth-order valence-electron chi connectivity index (χ4n) is 1.74. The molecule has 1 N–H and O–H groups in total. The number of nitriles is 1. The van der Waals surface area contributed by atoms with Gasteiger partial charge in [0.05, 0.1) is 15.9 Å². The van der Waals surface area contributed by atoms with Gasteiger partial charge in [-0.25, -0.2) is 4.98 Å². The second kappa shape index (κ2) is 6.04. The summed E-state index contributed by atoms with van der Waals surface area (Å²) in [4.78, 5) is 4.43.